The monoisotopic (exact) mass is 298 g/mol. The van der Waals surface area contributed by atoms with Crippen LogP contribution in [0.1, 0.15) is 33.7 Å². The summed E-state index contributed by atoms with van der Waals surface area (Å²) in [5.41, 5.74) is 8.52. The second-order valence-corrected chi connectivity index (χ2v) is 5.46. The van der Waals surface area contributed by atoms with Gasteiger partial charge in [-0.25, -0.2) is 4.98 Å². The molecule has 4 N–H and O–H groups in total. The maximum absolute atomic E-state index is 12.1. The molecule has 1 aromatic carbocycles. The molecule has 114 valence electrons. The number of nitrogens with one attached hydrogen (secondary N) is 2. The van der Waals surface area contributed by atoms with Crippen LogP contribution in [0.4, 0.5) is 5.82 Å². The van der Waals surface area contributed by atoms with Crippen LogP contribution in [0.5, 0.6) is 0 Å². The molecule has 0 aliphatic heterocycles. The number of aryl methyl sites for hydroxylation is 2. The lowest BCUT2D eigenvalue weighted by Crippen LogP contribution is -2.27. The Hall–Kier alpha value is -2.63. The summed E-state index contributed by atoms with van der Waals surface area (Å²) < 4.78 is 0. The molecule has 1 aromatic heterocycles. The van der Waals surface area contributed by atoms with Crippen molar-refractivity contribution in [3.63, 3.8) is 0 Å². The lowest BCUT2D eigenvalue weighted by molar-refractivity contribution is 0.0954. The van der Waals surface area contributed by atoms with Crippen LogP contribution in [-0.4, -0.2) is 22.4 Å². The first-order valence-electron chi connectivity index (χ1n) is 7.37. The topological polar surface area (TPSA) is 101 Å². The number of hydrogen-bond donors (Lipinski definition) is 3. The molecule has 0 saturated heterocycles. The molecule has 0 unspecified atom stereocenters. The number of carbonyl (C=O) groups excluding carboxylic acids is 1. The van der Waals surface area contributed by atoms with Crippen LogP contribution in [0.2, 0.25) is 0 Å². The molecule has 1 aliphatic rings. The van der Waals surface area contributed by atoms with Gasteiger partial charge < -0.3 is 16.0 Å². The van der Waals surface area contributed by atoms with E-state index < -0.39 is 0 Å². The second kappa shape index (κ2) is 6.01. The van der Waals surface area contributed by atoms with Crippen molar-refractivity contribution in [2.24, 2.45) is 0 Å². The quantitative estimate of drug-likeness (QED) is 0.777. The first-order valence-corrected chi connectivity index (χ1v) is 7.37. The van der Waals surface area contributed by atoms with Gasteiger partial charge in [0.15, 0.2) is 0 Å². The van der Waals surface area contributed by atoms with Crippen LogP contribution >= 0.6 is 0 Å². The number of amides is 1. The van der Waals surface area contributed by atoms with Crippen LogP contribution in [0.25, 0.3) is 0 Å². The highest BCUT2D eigenvalue weighted by molar-refractivity contribution is 5.94. The third-order valence-corrected chi connectivity index (χ3v) is 3.82. The van der Waals surface area contributed by atoms with Crippen LogP contribution in [0.3, 0.4) is 0 Å². The maximum Gasteiger partial charge on any atom is 0.252 e. The van der Waals surface area contributed by atoms with E-state index in [0.29, 0.717) is 24.4 Å². The van der Waals surface area contributed by atoms with Gasteiger partial charge in [0.05, 0.1) is 0 Å². The zero-order valence-electron chi connectivity index (χ0n) is 12.2. The van der Waals surface area contributed by atoms with Crippen molar-refractivity contribution >= 4 is 11.7 Å². The number of carbonyl (C=O) groups is 1. The van der Waals surface area contributed by atoms with Gasteiger partial charge >= 0.3 is 0 Å². The summed E-state index contributed by atoms with van der Waals surface area (Å²) in [6.07, 6.45) is 3.74. The van der Waals surface area contributed by atoms with E-state index in [9.17, 15) is 9.59 Å². The van der Waals surface area contributed by atoms with Gasteiger partial charge in [0, 0.05) is 24.6 Å². The highest BCUT2D eigenvalue weighted by atomic mass is 16.1. The molecule has 22 heavy (non-hydrogen) atoms. The first kappa shape index (κ1) is 14.3. The Balaban J connectivity index is 1.59. The zero-order chi connectivity index (χ0) is 15.5. The van der Waals surface area contributed by atoms with Crippen LogP contribution < -0.4 is 16.6 Å². The molecule has 1 amide bonds. The van der Waals surface area contributed by atoms with Crippen LogP contribution in [-0.2, 0) is 19.3 Å². The van der Waals surface area contributed by atoms with Gasteiger partial charge in [0.2, 0.25) is 0 Å². The number of hydrogen-bond acceptors (Lipinski definition) is 4. The predicted molar refractivity (Wildman–Crippen MR) is 83.8 cm³/mol. The number of aromatic amines is 1. The number of benzene rings is 1. The normalized spacial score (nSPS) is 12.9. The minimum Gasteiger partial charge on any atom is -0.383 e. The van der Waals surface area contributed by atoms with Gasteiger partial charge in [-0.15, -0.1) is 0 Å². The predicted octanol–water partition coefficient (Wildman–Crippen LogP) is 0.813. The van der Waals surface area contributed by atoms with Gasteiger partial charge in [0.1, 0.15) is 11.6 Å². The summed E-state index contributed by atoms with van der Waals surface area (Å²) in [7, 11) is 0. The molecule has 0 bridgehead atoms. The summed E-state index contributed by atoms with van der Waals surface area (Å²) in [5, 5.41) is 2.84. The summed E-state index contributed by atoms with van der Waals surface area (Å²) in [6.45, 7) is 0.391. The molecular formula is C16H18N4O2. The number of anilines is 1. The molecule has 0 spiro atoms. The smallest absolute Gasteiger partial charge is 0.252 e. The summed E-state index contributed by atoms with van der Waals surface area (Å²) in [4.78, 5) is 30.0. The van der Waals surface area contributed by atoms with Crippen LogP contribution in [0, 0.1) is 0 Å². The fraction of sp³-hybridized carbons (Fsp3) is 0.312. The first-order chi connectivity index (χ1) is 10.6. The Morgan fingerprint density at radius 1 is 1.27 bits per heavy atom. The van der Waals surface area contributed by atoms with E-state index in [1.165, 1.54) is 17.2 Å². The number of rotatable bonds is 4. The molecule has 1 aliphatic carbocycles. The van der Waals surface area contributed by atoms with Gasteiger partial charge in [-0.3, -0.25) is 9.59 Å². The van der Waals surface area contributed by atoms with Crippen molar-refractivity contribution in [3.05, 3.63) is 57.1 Å². The minimum atomic E-state index is -0.285. The van der Waals surface area contributed by atoms with Crippen LogP contribution in [0.15, 0.2) is 29.1 Å². The Kier molecular flexibility index (Phi) is 3.91. The molecule has 0 radical (unpaired) electrons. The minimum absolute atomic E-state index is 0.110. The summed E-state index contributed by atoms with van der Waals surface area (Å²) >= 11 is 0. The van der Waals surface area contributed by atoms with E-state index in [1.54, 1.807) is 0 Å². The van der Waals surface area contributed by atoms with Crippen molar-refractivity contribution in [2.45, 2.75) is 25.7 Å². The molecule has 0 atom stereocenters. The van der Waals surface area contributed by atoms with Gasteiger partial charge in [-0.2, -0.15) is 0 Å². The van der Waals surface area contributed by atoms with E-state index in [0.717, 1.165) is 19.3 Å². The number of aromatic nitrogens is 2. The number of nitrogens with two attached hydrogens (primary N) is 1. The average molecular weight is 298 g/mol. The average Bonchev–Trinajstić information content (AvgIpc) is 2.93. The van der Waals surface area contributed by atoms with Crippen molar-refractivity contribution < 1.29 is 4.79 Å². The van der Waals surface area contributed by atoms with Gasteiger partial charge in [0.25, 0.3) is 11.5 Å². The lowest BCUT2D eigenvalue weighted by atomic mass is 10.1. The lowest BCUT2D eigenvalue weighted by Gasteiger charge is -2.07. The van der Waals surface area contributed by atoms with Crippen molar-refractivity contribution in [1.82, 2.24) is 15.3 Å². The highest BCUT2D eigenvalue weighted by Crippen LogP contribution is 2.22. The highest BCUT2D eigenvalue weighted by Gasteiger charge is 2.13. The van der Waals surface area contributed by atoms with E-state index in [2.05, 4.69) is 15.3 Å². The molecule has 3 rings (SSSR count). The molecule has 6 nitrogen and oxygen atoms in total. The van der Waals surface area contributed by atoms with Crippen molar-refractivity contribution in [3.8, 4) is 0 Å². The van der Waals surface area contributed by atoms with Crippen molar-refractivity contribution in [2.75, 3.05) is 12.3 Å². The third kappa shape index (κ3) is 3.16. The molecule has 6 heteroatoms. The summed E-state index contributed by atoms with van der Waals surface area (Å²) in [5.74, 6) is 0.545. The SMILES string of the molecule is Nc1cc(=O)[nH]c(CCNC(=O)c2ccc3c(c2)CCC3)n1. The molecule has 2 aromatic rings. The molecule has 0 fully saturated rings. The Bertz CT molecular complexity index is 767. The van der Waals surface area contributed by atoms with E-state index >= 15 is 0 Å². The Morgan fingerprint density at radius 3 is 2.91 bits per heavy atom. The van der Waals surface area contributed by atoms with E-state index in [-0.39, 0.29) is 17.3 Å². The Labute approximate surface area is 127 Å². The number of fused-ring (bicyclic) bond motifs is 1. The largest absolute Gasteiger partial charge is 0.383 e. The van der Waals surface area contributed by atoms with E-state index in [4.69, 9.17) is 5.73 Å². The third-order valence-electron chi connectivity index (χ3n) is 3.82. The maximum atomic E-state index is 12.1. The Morgan fingerprint density at radius 2 is 2.09 bits per heavy atom. The second-order valence-electron chi connectivity index (χ2n) is 5.46. The van der Waals surface area contributed by atoms with E-state index in [1.807, 2.05) is 18.2 Å². The fourth-order valence-electron chi connectivity index (χ4n) is 2.76. The van der Waals surface area contributed by atoms with Gasteiger partial charge in [-0.1, -0.05) is 6.07 Å². The van der Waals surface area contributed by atoms with Crippen molar-refractivity contribution in [1.29, 1.82) is 0 Å². The zero-order valence-corrected chi connectivity index (χ0v) is 12.2. The fourth-order valence-corrected chi connectivity index (χ4v) is 2.76. The molecular weight excluding hydrogens is 280 g/mol. The molecule has 0 saturated carbocycles. The number of H-pyrrole nitrogens is 1. The van der Waals surface area contributed by atoms with Gasteiger partial charge in [-0.05, 0) is 42.5 Å². The number of nitrogen functional groups attached to an aromatic ring is 1. The standard InChI is InChI=1S/C16H18N4O2/c17-13-9-15(21)20-14(19-13)6-7-18-16(22)12-5-4-10-2-1-3-11(10)8-12/h4-5,8-9H,1-3,6-7H2,(H,18,22)(H3,17,19,20,21). The summed E-state index contributed by atoms with van der Waals surface area (Å²) in [6, 6.07) is 7.10. The molecule has 1 heterocycles. The number of nitrogens with zero attached hydrogens (tertiary/aromatic N) is 1.